The van der Waals surface area contributed by atoms with Crippen molar-refractivity contribution in [3.63, 3.8) is 0 Å². The van der Waals surface area contributed by atoms with Crippen LogP contribution in [0.2, 0.25) is 0 Å². The number of carbonyl (C=O) groups is 2. The first-order valence-electron chi connectivity index (χ1n) is 9.61. The molecule has 2 N–H and O–H groups in total. The lowest BCUT2D eigenvalue weighted by Crippen LogP contribution is -2.44. The monoisotopic (exact) mass is 414 g/mol. The summed E-state index contributed by atoms with van der Waals surface area (Å²) >= 11 is 1.38. The lowest BCUT2D eigenvalue weighted by molar-refractivity contribution is -0.121. The number of carbonyl (C=O) groups excluding carboxylic acids is 2. The second-order valence-corrected chi connectivity index (χ2v) is 7.96. The van der Waals surface area contributed by atoms with Crippen LogP contribution in [-0.4, -0.2) is 53.5 Å². The van der Waals surface area contributed by atoms with Crippen molar-refractivity contribution >= 4 is 34.4 Å². The largest absolute Gasteiger partial charge is 0.373 e. The zero-order valence-corrected chi connectivity index (χ0v) is 17.4. The van der Waals surface area contributed by atoms with Gasteiger partial charge in [-0.15, -0.1) is 11.3 Å². The highest BCUT2D eigenvalue weighted by Crippen LogP contribution is 2.19. The highest BCUT2D eigenvalue weighted by atomic mass is 32.1. The molecule has 8 heteroatoms. The number of nitrogens with zero attached hydrogens (tertiary/aromatic N) is 2. The van der Waals surface area contributed by atoms with Crippen molar-refractivity contribution in [2.75, 3.05) is 25.0 Å². The van der Waals surface area contributed by atoms with Gasteiger partial charge in [0.1, 0.15) is 0 Å². The van der Waals surface area contributed by atoms with Crippen molar-refractivity contribution in [3.05, 3.63) is 53.0 Å². The summed E-state index contributed by atoms with van der Waals surface area (Å²) in [7, 11) is 0. The van der Waals surface area contributed by atoms with Crippen molar-refractivity contribution in [2.24, 2.45) is 0 Å². The fraction of sp³-hybridized carbons (Fsp3) is 0.381. The van der Waals surface area contributed by atoms with Crippen LogP contribution in [0, 0.1) is 0 Å². The minimum atomic E-state index is -0.320. The second-order valence-electron chi connectivity index (χ2n) is 7.11. The van der Waals surface area contributed by atoms with Gasteiger partial charge >= 0.3 is 0 Å². The number of hydrogen-bond acceptors (Lipinski definition) is 6. The Morgan fingerprint density at radius 3 is 2.69 bits per heavy atom. The Kier molecular flexibility index (Phi) is 7.51. The average molecular weight is 415 g/mol. The number of aromatic nitrogens is 1. The van der Waals surface area contributed by atoms with E-state index in [2.05, 4.69) is 34.4 Å². The fourth-order valence-electron chi connectivity index (χ4n) is 3.21. The Bertz CT molecular complexity index is 843. The lowest BCUT2D eigenvalue weighted by Gasteiger charge is -2.34. The summed E-state index contributed by atoms with van der Waals surface area (Å²) in [6.45, 7) is 6.49. The molecule has 0 spiro atoms. The molecule has 154 valence electrons. The molecule has 29 heavy (non-hydrogen) atoms. The van der Waals surface area contributed by atoms with Crippen LogP contribution in [0.3, 0.4) is 0 Å². The third kappa shape index (κ3) is 7.08. The number of ether oxygens (including phenoxy) is 1. The van der Waals surface area contributed by atoms with Gasteiger partial charge in [0.25, 0.3) is 0 Å². The van der Waals surface area contributed by atoms with Gasteiger partial charge in [-0.1, -0.05) is 30.3 Å². The molecule has 7 nitrogen and oxygen atoms in total. The van der Waals surface area contributed by atoms with Gasteiger partial charge in [0.2, 0.25) is 11.8 Å². The van der Waals surface area contributed by atoms with Crippen molar-refractivity contribution in [3.8, 4) is 0 Å². The third-order valence-corrected chi connectivity index (χ3v) is 5.14. The number of morpholine rings is 1. The molecule has 0 radical (unpaired) electrons. The first-order valence-corrected chi connectivity index (χ1v) is 10.5. The maximum absolute atomic E-state index is 12.1. The minimum Gasteiger partial charge on any atom is -0.373 e. The van der Waals surface area contributed by atoms with Crippen LogP contribution in [0.4, 0.5) is 5.13 Å². The number of rotatable bonds is 7. The summed E-state index contributed by atoms with van der Waals surface area (Å²) in [5.41, 5.74) is 1.84. The summed E-state index contributed by atoms with van der Waals surface area (Å²) in [6.07, 6.45) is 3.52. The number of thiazole rings is 1. The van der Waals surface area contributed by atoms with Gasteiger partial charge in [-0.3, -0.25) is 14.5 Å². The van der Waals surface area contributed by atoms with E-state index in [9.17, 15) is 9.59 Å². The topological polar surface area (TPSA) is 83.6 Å². The molecule has 2 amide bonds. The highest BCUT2D eigenvalue weighted by molar-refractivity contribution is 7.13. The first-order chi connectivity index (χ1) is 14.0. The summed E-state index contributed by atoms with van der Waals surface area (Å²) in [4.78, 5) is 30.7. The Morgan fingerprint density at radius 1 is 1.24 bits per heavy atom. The van der Waals surface area contributed by atoms with Crippen LogP contribution < -0.4 is 10.6 Å². The van der Waals surface area contributed by atoms with Crippen molar-refractivity contribution in [1.29, 1.82) is 0 Å². The predicted molar refractivity (Wildman–Crippen MR) is 115 cm³/mol. The van der Waals surface area contributed by atoms with Crippen LogP contribution in [-0.2, 0) is 20.9 Å². The highest BCUT2D eigenvalue weighted by Gasteiger charge is 2.22. The van der Waals surface area contributed by atoms with Crippen molar-refractivity contribution in [2.45, 2.75) is 32.6 Å². The molecule has 1 fully saturated rings. The van der Waals surface area contributed by atoms with E-state index in [1.165, 1.54) is 17.4 Å². The van der Waals surface area contributed by atoms with E-state index in [4.69, 9.17) is 4.74 Å². The molecule has 2 atom stereocenters. The van der Waals surface area contributed by atoms with Crippen LogP contribution >= 0.6 is 11.3 Å². The molecule has 0 saturated carbocycles. The molecule has 3 rings (SSSR count). The van der Waals surface area contributed by atoms with Gasteiger partial charge in [0.15, 0.2) is 5.13 Å². The van der Waals surface area contributed by atoms with E-state index in [-0.39, 0.29) is 30.6 Å². The maximum Gasteiger partial charge on any atom is 0.245 e. The summed E-state index contributed by atoms with van der Waals surface area (Å²) in [5, 5.41) is 7.79. The number of nitrogens with one attached hydrogen (secondary N) is 2. The number of benzene rings is 1. The summed E-state index contributed by atoms with van der Waals surface area (Å²) < 4.78 is 5.74. The van der Waals surface area contributed by atoms with Gasteiger partial charge in [0, 0.05) is 31.1 Å². The molecular formula is C21H26N4O3S. The van der Waals surface area contributed by atoms with E-state index in [1.54, 1.807) is 6.08 Å². The summed E-state index contributed by atoms with van der Waals surface area (Å²) in [5.74, 6) is -0.625. The van der Waals surface area contributed by atoms with E-state index in [0.717, 1.165) is 30.9 Å². The molecule has 0 aliphatic carbocycles. The summed E-state index contributed by atoms with van der Waals surface area (Å²) in [6, 6.07) is 9.50. The Balaban J connectivity index is 1.41. The van der Waals surface area contributed by atoms with Crippen LogP contribution in [0.15, 0.2) is 41.8 Å². The maximum atomic E-state index is 12.1. The van der Waals surface area contributed by atoms with E-state index in [0.29, 0.717) is 5.13 Å². The molecule has 1 aromatic heterocycles. The van der Waals surface area contributed by atoms with Crippen LogP contribution in [0.25, 0.3) is 6.08 Å². The molecular weight excluding hydrogens is 388 g/mol. The smallest absolute Gasteiger partial charge is 0.245 e. The third-order valence-electron chi connectivity index (χ3n) is 4.33. The van der Waals surface area contributed by atoms with Gasteiger partial charge in [-0.2, -0.15) is 0 Å². The number of anilines is 1. The SMILES string of the molecule is CC1CN(Cc2csc(NC(=O)CNC(=O)/C=C/c3ccccc3)n2)CC(C)O1. The molecule has 1 aliphatic heterocycles. The van der Waals surface area contributed by atoms with Crippen molar-refractivity contribution in [1.82, 2.24) is 15.2 Å². The van der Waals surface area contributed by atoms with E-state index in [1.807, 2.05) is 35.7 Å². The average Bonchev–Trinajstić information content (AvgIpc) is 3.11. The Morgan fingerprint density at radius 2 is 1.97 bits per heavy atom. The standard InChI is InChI=1S/C21H26N4O3S/c1-15-11-25(12-16(2)28-15)13-18-14-29-21(23-18)24-20(27)10-22-19(26)9-8-17-6-4-3-5-7-17/h3-9,14-16H,10-13H2,1-2H3,(H,22,26)(H,23,24,27)/b9-8+. The molecule has 1 aromatic carbocycles. The zero-order valence-electron chi connectivity index (χ0n) is 16.6. The quantitative estimate of drug-likeness (QED) is 0.680. The molecule has 1 aliphatic rings. The van der Waals surface area contributed by atoms with Crippen molar-refractivity contribution < 1.29 is 14.3 Å². The molecule has 2 heterocycles. The fourth-order valence-corrected chi connectivity index (χ4v) is 3.92. The van der Waals surface area contributed by atoms with Crippen LogP contribution in [0.1, 0.15) is 25.1 Å². The zero-order chi connectivity index (χ0) is 20.6. The van der Waals surface area contributed by atoms with Gasteiger partial charge < -0.3 is 15.4 Å². The first kappa shape index (κ1) is 21.2. The second kappa shape index (κ2) is 10.3. The number of hydrogen-bond donors (Lipinski definition) is 2. The molecule has 1 saturated heterocycles. The van der Waals surface area contributed by atoms with Gasteiger partial charge in [-0.05, 0) is 25.5 Å². The van der Waals surface area contributed by atoms with Gasteiger partial charge in [0.05, 0.1) is 24.4 Å². The molecule has 2 unspecified atom stereocenters. The normalized spacial score (nSPS) is 19.9. The van der Waals surface area contributed by atoms with E-state index >= 15 is 0 Å². The predicted octanol–water partition coefficient (Wildman–Crippen LogP) is 2.52. The Labute approximate surface area is 174 Å². The number of amides is 2. The van der Waals surface area contributed by atoms with E-state index < -0.39 is 0 Å². The lowest BCUT2D eigenvalue weighted by atomic mass is 10.2. The Hall–Kier alpha value is -2.55. The molecule has 0 bridgehead atoms. The minimum absolute atomic E-state index is 0.106. The van der Waals surface area contributed by atoms with Gasteiger partial charge in [-0.25, -0.2) is 4.98 Å². The molecule has 2 aromatic rings. The van der Waals surface area contributed by atoms with Crippen LogP contribution in [0.5, 0.6) is 0 Å².